The molecule has 3 amide bonds. The molecule has 0 aromatic heterocycles. The average Bonchev–Trinajstić information content (AvgIpc) is 3.02. The highest BCUT2D eigenvalue weighted by molar-refractivity contribution is 6.05. The highest BCUT2D eigenvalue weighted by atomic mass is 16.2. The summed E-state index contributed by atoms with van der Waals surface area (Å²) in [6.45, 7) is 0.133. The monoisotopic (exact) mass is 391 g/mol. The molecular weight excluding hydrogens is 366 g/mol. The highest BCUT2D eigenvalue weighted by Crippen LogP contribution is 2.38. The number of carbonyl (C=O) groups is 3. The number of para-hydroxylation sites is 2. The number of nitrogens with one attached hydrogen (secondary N) is 1. The number of amides is 3. The molecule has 1 aliphatic carbocycles. The second-order valence-electron chi connectivity index (χ2n) is 7.62. The Morgan fingerprint density at radius 3 is 1.83 bits per heavy atom. The van der Waals surface area contributed by atoms with Crippen LogP contribution in [-0.2, 0) is 14.4 Å². The van der Waals surface area contributed by atoms with Crippen molar-refractivity contribution in [1.29, 1.82) is 0 Å². The van der Waals surface area contributed by atoms with Gasteiger partial charge in [-0.3, -0.25) is 29.7 Å². The number of benzene rings is 2. The van der Waals surface area contributed by atoms with Crippen molar-refractivity contribution in [1.82, 2.24) is 10.3 Å². The van der Waals surface area contributed by atoms with Crippen LogP contribution >= 0.6 is 0 Å². The van der Waals surface area contributed by atoms with Gasteiger partial charge in [0.1, 0.15) is 0 Å². The summed E-state index contributed by atoms with van der Waals surface area (Å²) in [6, 6.07) is 19.1. The molecule has 0 unspecified atom stereocenters. The van der Waals surface area contributed by atoms with Gasteiger partial charge in [-0.1, -0.05) is 49.2 Å². The molecule has 2 aromatic carbocycles. The molecule has 0 bridgehead atoms. The lowest BCUT2D eigenvalue weighted by Gasteiger charge is -2.26. The third-order valence-corrected chi connectivity index (χ3v) is 5.76. The summed E-state index contributed by atoms with van der Waals surface area (Å²) in [4.78, 5) is 39.2. The van der Waals surface area contributed by atoms with E-state index in [2.05, 4.69) is 5.43 Å². The van der Waals surface area contributed by atoms with Gasteiger partial charge in [0.2, 0.25) is 17.7 Å². The van der Waals surface area contributed by atoms with Crippen LogP contribution < -0.4 is 10.4 Å². The quantitative estimate of drug-likeness (QED) is 0.605. The molecule has 2 aromatic rings. The zero-order chi connectivity index (χ0) is 20.2. The van der Waals surface area contributed by atoms with Crippen molar-refractivity contribution in [2.45, 2.75) is 32.1 Å². The minimum absolute atomic E-state index is 0.0765. The number of nitrogens with zero attached hydrogens (tertiary/aromatic N) is 2. The maximum absolute atomic E-state index is 12.7. The van der Waals surface area contributed by atoms with Crippen LogP contribution in [0.4, 0.5) is 11.4 Å². The first kappa shape index (κ1) is 19.2. The molecule has 1 N–H and O–H groups in total. The molecule has 29 heavy (non-hydrogen) atoms. The minimum Gasteiger partial charge on any atom is -0.282 e. The SMILES string of the molecule is O=C(CCN1C(=O)[C@H]2CCCC[C@H]2C1=O)NN(c1ccccc1)c1ccccc1. The van der Waals surface area contributed by atoms with Gasteiger partial charge in [0.25, 0.3) is 0 Å². The molecule has 1 heterocycles. The lowest BCUT2D eigenvalue weighted by atomic mass is 9.81. The van der Waals surface area contributed by atoms with Gasteiger partial charge >= 0.3 is 0 Å². The highest BCUT2D eigenvalue weighted by Gasteiger charge is 2.47. The number of anilines is 2. The molecule has 2 atom stereocenters. The zero-order valence-electron chi connectivity index (χ0n) is 16.3. The maximum Gasteiger partial charge on any atom is 0.240 e. The molecule has 1 aliphatic heterocycles. The normalized spacial score (nSPS) is 21.0. The Morgan fingerprint density at radius 2 is 1.34 bits per heavy atom. The first-order valence-electron chi connectivity index (χ1n) is 10.2. The van der Waals surface area contributed by atoms with Crippen LogP contribution in [0.25, 0.3) is 0 Å². The Labute approximate surface area is 170 Å². The summed E-state index contributed by atoms with van der Waals surface area (Å²) >= 11 is 0. The molecule has 1 saturated carbocycles. The average molecular weight is 391 g/mol. The number of imide groups is 1. The first-order valence-corrected chi connectivity index (χ1v) is 10.2. The number of fused-ring (bicyclic) bond motifs is 1. The predicted octanol–water partition coefficient (Wildman–Crippen LogP) is 3.42. The van der Waals surface area contributed by atoms with Crippen molar-refractivity contribution in [2.75, 3.05) is 11.6 Å². The number of hydrogen-bond donors (Lipinski definition) is 1. The fourth-order valence-corrected chi connectivity index (χ4v) is 4.28. The first-order chi connectivity index (χ1) is 14.1. The number of hydrogen-bond acceptors (Lipinski definition) is 4. The van der Waals surface area contributed by atoms with Crippen molar-refractivity contribution in [3.8, 4) is 0 Å². The van der Waals surface area contributed by atoms with Crippen LogP contribution in [0.15, 0.2) is 60.7 Å². The summed E-state index contributed by atoms with van der Waals surface area (Å²) in [5.74, 6) is -0.798. The Hall–Kier alpha value is -3.15. The van der Waals surface area contributed by atoms with Crippen LogP contribution in [0.2, 0.25) is 0 Å². The van der Waals surface area contributed by atoms with Crippen LogP contribution in [0.3, 0.4) is 0 Å². The number of rotatable bonds is 6. The van der Waals surface area contributed by atoms with Crippen molar-refractivity contribution >= 4 is 29.1 Å². The summed E-state index contributed by atoms with van der Waals surface area (Å²) in [6.07, 6.45) is 3.64. The maximum atomic E-state index is 12.7. The lowest BCUT2D eigenvalue weighted by Crippen LogP contribution is -2.41. The molecule has 6 heteroatoms. The molecule has 150 valence electrons. The molecule has 2 aliphatic rings. The summed E-state index contributed by atoms with van der Waals surface area (Å²) in [5, 5.41) is 1.72. The van der Waals surface area contributed by atoms with Gasteiger partial charge in [-0.25, -0.2) is 0 Å². The number of likely N-dealkylation sites (tertiary alicyclic amines) is 1. The van der Waals surface area contributed by atoms with Gasteiger partial charge in [-0.05, 0) is 37.1 Å². The van der Waals surface area contributed by atoms with E-state index in [4.69, 9.17) is 0 Å². The van der Waals surface area contributed by atoms with Gasteiger partial charge in [-0.15, -0.1) is 0 Å². The second kappa shape index (κ2) is 8.47. The minimum atomic E-state index is -0.242. The molecule has 2 fully saturated rings. The van der Waals surface area contributed by atoms with E-state index in [1.807, 2.05) is 60.7 Å². The third-order valence-electron chi connectivity index (χ3n) is 5.76. The van der Waals surface area contributed by atoms with E-state index in [1.54, 1.807) is 5.01 Å². The van der Waals surface area contributed by atoms with E-state index in [-0.39, 0.29) is 42.5 Å². The van der Waals surface area contributed by atoms with E-state index in [1.165, 1.54) is 4.90 Å². The topological polar surface area (TPSA) is 69.7 Å². The van der Waals surface area contributed by atoms with Crippen molar-refractivity contribution in [2.24, 2.45) is 11.8 Å². The molecule has 0 radical (unpaired) electrons. The van der Waals surface area contributed by atoms with Gasteiger partial charge in [-0.2, -0.15) is 0 Å². The van der Waals surface area contributed by atoms with E-state index in [0.29, 0.717) is 0 Å². The Kier molecular flexibility index (Phi) is 5.60. The van der Waals surface area contributed by atoms with Gasteiger partial charge in [0.15, 0.2) is 0 Å². The molecule has 0 spiro atoms. The fourth-order valence-electron chi connectivity index (χ4n) is 4.28. The summed E-state index contributed by atoms with van der Waals surface area (Å²) in [5.41, 5.74) is 4.56. The molecule has 4 rings (SSSR count). The van der Waals surface area contributed by atoms with Crippen molar-refractivity contribution in [3.63, 3.8) is 0 Å². The van der Waals surface area contributed by atoms with Gasteiger partial charge in [0.05, 0.1) is 23.2 Å². The van der Waals surface area contributed by atoms with Gasteiger partial charge < -0.3 is 0 Å². The molecular formula is C23H25N3O3. The summed E-state index contributed by atoms with van der Waals surface area (Å²) < 4.78 is 0. The Morgan fingerprint density at radius 1 is 0.862 bits per heavy atom. The van der Waals surface area contributed by atoms with Crippen LogP contribution in [0, 0.1) is 11.8 Å². The van der Waals surface area contributed by atoms with E-state index < -0.39 is 0 Å². The number of hydrazine groups is 1. The van der Waals surface area contributed by atoms with E-state index in [0.717, 1.165) is 37.1 Å². The fraction of sp³-hybridized carbons (Fsp3) is 0.348. The van der Waals surface area contributed by atoms with Crippen LogP contribution in [-0.4, -0.2) is 29.2 Å². The van der Waals surface area contributed by atoms with E-state index in [9.17, 15) is 14.4 Å². The largest absolute Gasteiger partial charge is 0.282 e. The Balaban J connectivity index is 1.42. The van der Waals surface area contributed by atoms with Crippen molar-refractivity contribution in [3.05, 3.63) is 60.7 Å². The Bertz CT molecular complexity index is 821. The standard InChI is InChI=1S/C23H25N3O3/c27-21(15-16-25-22(28)19-13-7-8-14-20(19)23(25)29)24-26(17-9-3-1-4-10-17)18-11-5-2-6-12-18/h1-6,9-12,19-20H,7-8,13-16H2,(H,24,27)/t19-,20+. The van der Waals surface area contributed by atoms with Crippen molar-refractivity contribution < 1.29 is 14.4 Å². The smallest absolute Gasteiger partial charge is 0.240 e. The predicted molar refractivity (Wildman–Crippen MR) is 110 cm³/mol. The molecule has 1 saturated heterocycles. The lowest BCUT2D eigenvalue weighted by molar-refractivity contribution is -0.140. The third kappa shape index (κ3) is 4.01. The van der Waals surface area contributed by atoms with Crippen LogP contribution in [0.1, 0.15) is 32.1 Å². The molecule has 6 nitrogen and oxygen atoms in total. The van der Waals surface area contributed by atoms with Gasteiger partial charge in [0, 0.05) is 13.0 Å². The summed E-state index contributed by atoms with van der Waals surface area (Å²) in [7, 11) is 0. The number of carbonyl (C=O) groups excluding carboxylic acids is 3. The van der Waals surface area contributed by atoms with Crippen LogP contribution in [0.5, 0.6) is 0 Å². The zero-order valence-corrected chi connectivity index (χ0v) is 16.3. The van der Waals surface area contributed by atoms with E-state index >= 15 is 0 Å². The second-order valence-corrected chi connectivity index (χ2v) is 7.62.